The van der Waals surface area contributed by atoms with Crippen molar-refractivity contribution in [2.75, 3.05) is 13.2 Å². The van der Waals surface area contributed by atoms with Gasteiger partial charge in [-0.15, -0.1) is 0 Å². The first-order valence-electron chi connectivity index (χ1n) is 12.4. The van der Waals surface area contributed by atoms with Crippen LogP contribution in [0.3, 0.4) is 0 Å². The van der Waals surface area contributed by atoms with Crippen molar-refractivity contribution in [1.82, 2.24) is 5.32 Å². The van der Waals surface area contributed by atoms with Crippen LogP contribution in [-0.4, -0.2) is 24.8 Å². The van der Waals surface area contributed by atoms with Crippen LogP contribution < -0.4 is 14.8 Å². The van der Waals surface area contributed by atoms with Gasteiger partial charge in [0.1, 0.15) is 0 Å². The van der Waals surface area contributed by atoms with E-state index in [0.717, 1.165) is 71.1 Å². The molecule has 1 N–H and O–H groups in total. The molecule has 3 aliphatic rings. The number of hydrogen-bond acceptors (Lipinski definition) is 5. The summed E-state index contributed by atoms with van der Waals surface area (Å²) in [4.78, 5) is 26.2. The Bertz CT molecular complexity index is 952. The lowest BCUT2D eigenvalue weighted by Gasteiger charge is -2.37. The van der Waals surface area contributed by atoms with Gasteiger partial charge in [-0.1, -0.05) is 26.2 Å². The Labute approximate surface area is 205 Å². The summed E-state index contributed by atoms with van der Waals surface area (Å²) in [5, 5.41) is 3.48. The van der Waals surface area contributed by atoms with Crippen LogP contribution in [0.15, 0.2) is 39.1 Å². The zero-order chi connectivity index (χ0) is 23.4. The zero-order valence-corrected chi connectivity index (χ0v) is 21.3. The van der Waals surface area contributed by atoms with Crippen LogP contribution >= 0.6 is 15.9 Å². The number of ketones is 2. The molecule has 0 unspecified atom stereocenters. The summed E-state index contributed by atoms with van der Waals surface area (Å²) in [5.74, 6) is 1.30. The van der Waals surface area contributed by atoms with Gasteiger partial charge in [-0.05, 0) is 72.7 Å². The van der Waals surface area contributed by atoms with Crippen LogP contribution in [0.4, 0.5) is 0 Å². The van der Waals surface area contributed by atoms with Gasteiger partial charge < -0.3 is 14.8 Å². The first kappa shape index (κ1) is 24.1. The molecule has 178 valence electrons. The van der Waals surface area contributed by atoms with Gasteiger partial charge in [0.05, 0.1) is 17.7 Å². The molecule has 1 heterocycles. The van der Waals surface area contributed by atoms with Crippen LogP contribution in [0.25, 0.3) is 0 Å². The number of dihydropyridines is 1. The maximum absolute atomic E-state index is 13.1. The summed E-state index contributed by atoms with van der Waals surface area (Å²) in [6.45, 7) is 5.29. The van der Waals surface area contributed by atoms with Crippen molar-refractivity contribution in [3.05, 3.63) is 44.7 Å². The van der Waals surface area contributed by atoms with E-state index in [1.54, 1.807) is 0 Å². The highest BCUT2D eigenvalue weighted by atomic mass is 79.9. The number of unbranched alkanes of at least 4 members (excludes halogenated alkanes) is 3. The van der Waals surface area contributed by atoms with Crippen molar-refractivity contribution in [1.29, 1.82) is 0 Å². The number of rotatable bonds is 9. The number of Topliss-reactive ketones (excluding diaryl/α,β-unsaturated/α-hetero) is 2. The van der Waals surface area contributed by atoms with Gasteiger partial charge in [0.15, 0.2) is 23.1 Å². The van der Waals surface area contributed by atoms with E-state index >= 15 is 0 Å². The molecule has 1 aromatic carbocycles. The van der Waals surface area contributed by atoms with Gasteiger partial charge >= 0.3 is 0 Å². The molecule has 0 saturated heterocycles. The molecule has 4 rings (SSSR count). The second kappa shape index (κ2) is 10.9. The van der Waals surface area contributed by atoms with Crippen LogP contribution in [0.1, 0.15) is 89.5 Å². The summed E-state index contributed by atoms with van der Waals surface area (Å²) in [7, 11) is 0. The van der Waals surface area contributed by atoms with Crippen molar-refractivity contribution in [3.63, 3.8) is 0 Å². The van der Waals surface area contributed by atoms with Crippen molar-refractivity contribution < 1.29 is 19.1 Å². The Hall–Kier alpha value is -2.08. The van der Waals surface area contributed by atoms with Crippen LogP contribution in [0.5, 0.6) is 11.5 Å². The van der Waals surface area contributed by atoms with Crippen molar-refractivity contribution >= 4 is 27.5 Å². The third kappa shape index (κ3) is 5.06. The minimum atomic E-state index is -0.342. The predicted molar refractivity (Wildman–Crippen MR) is 133 cm³/mol. The SMILES string of the molecule is CCCCCCOc1c(Br)cc(C2C3=C(CCCC3=O)NC3=C2C(=O)CCC3)cc1OCC. The number of halogens is 1. The lowest BCUT2D eigenvalue weighted by atomic mass is 9.71. The summed E-state index contributed by atoms with van der Waals surface area (Å²) in [6, 6.07) is 3.99. The summed E-state index contributed by atoms with van der Waals surface area (Å²) in [5.41, 5.74) is 4.43. The molecule has 1 aliphatic heterocycles. The Morgan fingerprint density at radius 2 is 1.58 bits per heavy atom. The smallest absolute Gasteiger partial charge is 0.175 e. The van der Waals surface area contributed by atoms with E-state index in [1.165, 1.54) is 12.8 Å². The molecule has 6 heteroatoms. The molecule has 2 aliphatic carbocycles. The molecule has 5 nitrogen and oxygen atoms in total. The van der Waals surface area contributed by atoms with Gasteiger partial charge in [0, 0.05) is 41.3 Å². The molecule has 0 radical (unpaired) electrons. The third-order valence-corrected chi connectivity index (χ3v) is 7.29. The summed E-state index contributed by atoms with van der Waals surface area (Å²) >= 11 is 3.70. The lowest BCUT2D eigenvalue weighted by molar-refractivity contribution is -0.116. The van der Waals surface area contributed by atoms with Gasteiger partial charge in [0.25, 0.3) is 0 Å². The highest BCUT2D eigenvalue weighted by Crippen LogP contribution is 2.48. The second-order valence-electron chi connectivity index (χ2n) is 9.07. The number of allylic oxidation sites excluding steroid dienone is 4. The minimum absolute atomic E-state index is 0.143. The second-order valence-corrected chi connectivity index (χ2v) is 9.92. The minimum Gasteiger partial charge on any atom is -0.490 e. The number of carbonyl (C=O) groups excluding carboxylic acids is 2. The normalized spacial score (nSPS) is 18.8. The van der Waals surface area contributed by atoms with Gasteiger partial charge in [-0.2, -0.15) is 0 Å². The van der Waals surface area contributed by atoms with E-state index in [9.17, 15) is 9.59 Å². The largest absolute Gasteiger partial charge is 0.490 e. The van der Waals surface area contributed by atoms with Crippen LogP contribution in [0.2, 0.25) is 0 Å². The summed E-state index contributed by atoms with van der Waals surface area (Å²) in [6.07, 6.45) is 9.00. The number of benzene rings is 1. The number of hydrogen-bond donors (Lipinski definition) is 1. The standard InChI is InChI=1S/C27H34BrNO4/c1-3-5-6-7-14-33-27-18(28)15-17(16-23(27)32-4-2)24-25-19(10-8-12-21(25)30)29-20-11-9-13-22(31)26(20)24/h15-16,24,29H,3-14H2,1-2H3. The fourth-order valence-electron chi connectivity index (χ4n) is 5.18. The molecule has 0 saturated carbocycles. The number of carbonyl (C=O) groups is 2. The fourth-order valence-corrected chi connectivity index (χ4v) is 5.75. The molecular formula is C27H34BrNO4. The molecule has 0 amide bonds. The highest BCUT2D eigenvalue weighted by Gasteiger charge is 2.40. The first-order valence-corrected chi connectivity index (χ1v) is 13.2. The first-order chi connectivity index (χ1) is 16.0. The van der Waals surface area contributed by atoms with Gasteiger partial charge in [-0.25, -0.2) is 0 Å². The van der Waals surface area contributed by atoms with Crippen LogP contribution in [-0.2, 0) is 9.59 Å². The van der Waals surface area contributed by atoms with E-state index in [0.29, 0.717) is 37.6 Å². The molecule has 0 atom stereocenters. The maximum Gasteiger partial charge on any atom is 0.175 e. The van der Waals surface area contributed by atoms with Crippen molar-refractivity contribution in [3.8, 4) is 11.5 Å². The van der Waals surface area contributed by atoms with E-state index in [-0.39, 0.29) is 17.5 Å². The molecular weight excluding hydrogens is 482 g/mol. The Kier molecular flexibility index (Phi) is 7.94. The number of ether oxygens (including phenoxy) is 2. The van der Waals surface area contributed by atoms with E-state index < -0.39 is 0 Å². The van der Waals surface area contributed by atoms with E-state index in [4.69, 9.17) is 9.47 Å². The predicted octanol–water partition coefficient (Wildman–Crippen LogP) is 6.51. The van der Waals surface area contributed by atoms with E-state index in [1.807, 2.05) is 19.1 Å². The molecule has 33 heavy (non-hydrogen) atoms. The number of nitrogens with one attached hydrogen (secondary N) is 1. The molecule has 0 spiro atoms. The van der Waals surface area contributed by atoms with Gasteiger partial charge in [-0.3, -0.25) is 9.59 Å². The lowest BCUT2D eigenvalue weighted by Crippen LogP contribution is -2.36. The summed E-state index contributed by atoms with van der Waals surface area (Å²) < 4.78 is 12.9. The monoisotopic (exact) mass is 515 g/mol. The fraction of sp³-hybridized carbons (Fsp3) is 0.556. The average molecular weight is 516 g/mol. The third-order valence-electron chi connectivity index (χ3n) is 6.70. The quantitative estimate of drug-likeness (QED) is 0.379. The molecule has 0 fully saturated rings. The zero-order valence-electron chi connectivity index (χ0n) is 19.7. The highest BCUT2D eigenvalue weighted by molar-refractivity contribution is 9.10. The van der Waals surface area contributed by atoms with E-state index in [2.05, 4.69) is 28.2 Å². The Balaban J connectivity index is 1.74. The van der Waals surface area contributed by atoms with Crippen LogP contribution in [0, 0.1) is 0 Å². The molecule has 0 aromatic heterocycles. The average Bonchev–Trinajstić information content (AvgIpc) is 2.79. The topological polar surface area (TPSA) is 64.6 Å². The molecule has 1 aromatic rings. The maximum atomic E-state index is 13.1. The Morgan fingerprint density at radius 3 is 2.18 bits per heavy atom. The van der Waals surface area contributed by atoms with Crippen molar-refractivity contribution in [2.24, 2.45) is 0 Å². The van der Waals surface area contributed by atoms with Gasteiger partial charge in [0.2, 0.25) is 0 Å². The molecule has 0 bridgehead atoms. The Morgan fingerprint density at radius 1 is 0.909 bits per heavy atom. The van der Waals surface area contributed by atoms with Crippen molar-refractivity contribution in [2.45, 2.75) is 84.0 Å².